The van der Waals surface area contributed by atoms with Gasteiger partial charge in [-0.1, -0.05) is 11.6 Å². The number of halogens is 2. The second-order valence-electron chi connectivity index (χ2n) is 3.39. The third kappa shape index (κ3) is 4.58. The second kappa shape index (κ2) is 7.54. The van der Waals surface area contributed by atoms with Gasteiger partial charge in [-0.05, 0) is 19.9 Å². The Hall–Kier alpha value is -2.02. The molecule has 0 saturated carbocycles. The van der Waals surface area contributed by atoms with Crippen LogP contribution in [0.5, 0.6) is 5.75 Å². The van der Waals surface area contributed by atoms with E-state index >= 15 is 0 Å². The lowest BCUT2D eigenvalue weighted by Gasteiger charge is -2.10. The van der Waals surface area contributed by atoms with Crippen molar-refractivity contribution in [2.45, 2.75) is 13.8 Å². The van der Waals surface area contributed by atoms with Crippen LogP contribution in [-0.2, 0) is 9.47 Å². The summed E-state index contributed by atoms with van der Waals surface area (Å²) < 4.78 is 27.5. The molecule has 6 nitrogen and oxygen atoms in total. The van der Waals surface area contributed by atoms with Crippen LogP contribution in [0.15, 0.2) is 12.1 Å². The van der Waals surface area contributed by atoms with E-state index in [0.29, 0.717) is 0 Å². The van der Waals surface area contributed by atoms with Crippen molar-refractivity contribution in [3.63, 3.8) is 0 Å². The first-order chi connectivity index (χ1) is 9.47. The lowest BCUT2D eigenvalue weighted by atomic mass is 10.3. The topological polar surface area (TPSA) is 73.9 Å². The molecule has 0 heterocycles. The summed E-state index contributed by atoms with van der Waals surface area (Å²) in [6.07, 6.45) is -1.82. The van der Waals surface area contributed by atoms with E-state index in [9.17, 15) is 14.0 Å². The van der Waals surface area contributed by atoms with Gasteiger partial charge in [-0.3, -0.25) is 5.32 Å². The highest BCUT2D eigenvalue weighted by atomic mass is 35.5. The second-order valence-corrected chi connectivity index (χ2v) is 3.80. The van der Waals surface area contributed by atoms with E-state index in [1.165, 1.54) is 0 Å². The number of amides is 1. The molecule has 0 aliphatic carbocycles. The van der Waals surface area contributed by atoms with Gasteiger partial charge in [0.1, 0.15) is 5.82 Å². The monoisotopic (exact) mass is 305 g/mol. The Morgan fingerprint density at radius 1 is 1.25 bits per heavy atom. The summed E-state index contributed by atoms with van der Waals surface area (Å²) in [6, 6.07) is 1.96. The molecule has 0 aromatic heterocycles. The molecule has 0 radical (unpaired) electrons. The zero-order chi connectivity index (χ0) is 15.1. The summed E-state index contributed by atoms with van der Waals surface area (Å²) in [5.74, 6) is -0.933. The molecule has 0 unspecified atom stereocenters. The third-order valence-electron chi connectivity index (χ3n) is 1.99. The summed E-state index contributed by atoms with van der Waals surface area (Å²) in [5, 5.41) is 2.02. The zero-order valence-electron chi connectivity index (χ0n) is 10.9. The van der Waals surface area contributed by atoms with E-state index in [2.05, 4.69) is 14.8 Å². The van der Waals surface area contributed by atoms with Gasteiger partial charge in [0.15, 0.2) is 5.75 Å². The molecule has 1 rings (SSSR count). The van der Waals surface area contributed by atoms with Crippen LogP contribution in [0.25, 0.3) is 0 Å². The van der Waals surface area contributed by atoms with Crippen molar-refractivity contribution in [3.05, 3.63) is 23.0 Å². The van der Waals surface area contributed by atoms with Crippen molar-refractivity contribution in [1.29, 1.82) is 0 Å². The molecule has 0 saturated heterocycles. The number of anilines is 1. The number of hydrogen-bond acceptors (Lipinski definition) is 5. The minimum absolute atomic E-state index is 0.117. The molecular weight excluding hydrogens is 293 g/mol. The number of benzene rings is 1. The fourth-order valence-corrected chi connectivity index (χ4v) is 1.41. The van der Waals surface area contributed by atoms with Gasteiger partial charge in [-0.25, -0.2) is 14.0 Å². The third-order valence-corrected chi connectivity index (χ3v) is 2.28. The number of hydrogen-bond donors (Lipinski definition) is 1. The quantitative estimate of drug-likeness (QED) is 0.680. The van der Waals surface area contributed by atoms with Gasteiger partial charge in [0.25, 0.3) is 0 Å². The highest BCUT2D eigenvalue weighted by Gasteiger charge is 2.15. The van der Waals surface area contributed by atoms with Gasteiger partial charge in [0, 0.05) is 6.07 Å². The Kier molecular flexibility index (Phi) is 6.05. The molecule has 0 spiro atoms. The Morgan fingerprint density at radius 2 is 1.90 bits per heavy atom. The Balaban J connectivity index is 2.91. The molecule has 0 aliphatic heterocycles. The van der Waals surface area contributed by atoms with Crippen LogP contribution in [0.3, 0.4) is 0 Å². The summed E-state index contributed by atoms with van der Waals surface area (Å²) in [5.41, 5.74) is -0.229. The van der Waals surface area contributed by atoms with E-state index in [0.717, 1.165) is 12.1 Å². The molecule has 1 N–H and O–H groups in total. The predicted octanol–water partition coefficient (Wildman–Crippen LogP) is 3.58. The van der Waals surface area contributed by atoms with Crippen molar-refractivity contribution in [1.82, 2.24) is 0 Å². The maximum atomic E-state index is 13.6. The highest BCUT2D eigenvalue weighted by molar-refractivity contribution is 6.32. The SMILES string of the molecule is CCOC(=O)Nc1cc(OC(=O)OCC)c(Cl)cc1F. The summed E-state index contributed by atoms with van der Waals surface area (Å²) in [4.78, 5) is 22.4. The van der Waals surface area contributed by atoms with Gasteiger partial charge in [0.2, 0.25) is 0 Å². The fraction of sp³-hybridized carbons (Fsp3) is 0.333. The number of ether oxygens (including phenoxy) is 3. The maximum absolute atomic E-state index is 13.6. The van der Waals surface area contributed by atoms with E-state index in [4.69, 9.17) is 16.3 Å². The van der Waals surface area contributed by atoms with Gasteiger partial charge >= 0.3 is 12.2 Å². The molecular formula is C12H13ClFNO5. The van der Waals surface area contributed by atoms with Crippen LogP contribution in [0.2, 0.25) is 5.02 Å². The van der Waals surface area contributed by atoms with Crippen molar-refractivity contribution in [3.8, 4) is 5.75 Å². The lowest BCUT2D eigenvalue weighted by molar-refractivity contribution is 0.104. The van der Waals surface area contributed by atoms with Gasteiger partial charge in [-0.2, -0.15) is 0 Å². The van der Waals surface area contributed by atoms with E-state index in [1.807, 2.05) is 0 Å². The van der Waals surface area contributed by atoms with Crippen LogP contribution >= 0.6 is 11.6 Å². The van der Waals surface area contributed by atoms with Crippen LogP contribution < -0.4 is 10.1 Å². The zero-order valence-corrected chi connectivity index (χ0v) is 11.6. The van der Waals surface area contributed by atoms with Crippen molar-refractivity contribution in [2.75, 3.05) is 18.5 Å². The molecule has 20 heavy (non-hydrogen) atoms. The van der Waals surface area contributed by atoms with Crippen LogP contribution in [0, 0.1) is 5.82 Å². The first kappa shape index (κ1) is 16.0. The molecule has 110 valence electrons. The summed E-state index contributed by atoms with van der Waals surface area (Å²) in [7, 11) is 0. The standard InChI is InChI=1S/C12H13ClFNO5/c1-3-18-11(16)15-9-6-10(7(13)5-8(9)14)20-12(17)19-4-2/h5-6H,3-4H2,1-2H3,(H,15,16). The number of rotatable bonds is 4. The molecule has 0 aliphatic rings. The molecule has 1 amide bonds. The molecule has 0 atom stereocenters. The van der Waals surface area contributed by atoms with E-state index in [1.54, 1.807) is 13.8 Å². The normalized spacial score (nSPS) is 9.80. The Morgan fingerprint density at radius 3 is 2.50 bits per heavy atom. The Labute approximate surface area is 119 Å². The molecule has 1 aromatic rings. The van der Waals surface area contributed by atoms with Crippen molar-refractivity contribution >= 4 is 29.5 Å². The van der Waals surface area contributed by atoms with Crippen molar-refractivity contribution < 1.29 is 28.2 Å². The smallest absolute Gasteiger partial charge is 0.450 e. The van der Waals surface area contributed by atoms with Crippen LogP contribution in [-0.4, -0.2) is 25.5 Å². The average molecular weight is 306 g/mol. The fourth-order valence-electron chi connectivity index (χ4n) is 1.22. The average Bonchev–Trinajstić information content (AvgIpc) is 2.35. The van der Waals surface area contributed by atoms with Crippen molar-refractivity contribution in [2.24, 2.45) is 0 Å². The molecule has 1 aromatic carbocycles. The first-order valence-electron chi connectivity index (χ1n) is 5.75. The molecule has 8 heteroatoms. The lowest BCUT2D eigenvalue weighted by Crippen LogP contribution is -2.15. The highest BCUT2D eigenvalue weighted by Crippen LogP contribution is 2.30. The summed E-state index contributed by atoms with van der Waals surface area (Å²) >= 11 is 5.73. The van der Waals surface area contributed by atoms with Gasteiger partial charge < -0.3 is 14.2 Å². The number of nitrogens with one attached hydrogen (secondary N) is 1. The minimum atomic E-state index is -0.983. The van der Waals surface area contributed by atoms with E-state index in [-0.39, 0.29) is 29.7 Å². The first-order valence-corrected chi connectivity index (χ1v) is 6.13. The number of carbonyl (C=O) groups is 2. The van der Waals surface area contributed by atoms with E-state index < -0.39 is 18.1 Å². The molecule has 0 bridgehead atoms. The van der Waals surface area contributed by atoms with Gasteiger partial charge in [0.05, 0.1) is 23.9 Å². The Bertz CT molecular complexity index is 468. The molecule has 0 fully saturated rings. The van der Waals surface area contributed by atoms with Crippen LogP contribution in [0.1, 0.15) is 13.8 Å². The minimum Gasteiger partial charge on any atom is -0.450 e. The largest absolute Gasteiger partial charge is 0.513 e. The van der Waals surface area contributed by atoms with Gasteiger partial charge in [-0.15, -0.1) is 0 Å². The predicted molar refractivity (Wildman–Crippen MR) is 69.7 cm³/mol. The maximum Gasteiger partial charge on any atom is 0.513 e. The van der Waals surface area contributed by atoms with Crippen LogP contribution in [0.4, 0.5) is 19.7 Å². The number of carbonyl (C=O) groups excluding carboxylic acids is 2. The summed E-state index contributed by atoms with van der Waals surface area (Å²) in [6.45, 7) is 3.45.